The van der Waals surface area contributed by atoms with Gasteiger partial charge in [-0.15, -0.1) is 0 Å². The molecular formula is C20H20F3N3O3. The number of ether oxygens (including phenoxy) is 1. The Hall–Kier alpha value is -2.97. The van der Waals surface area contributed by atoms with E-state index in [2.05, 4.69) is 20.0 Å². The van der Waals surface area contributed by atoms with Gasteiger partial charge in [0, 0.05) is 35.9 Å². The molecule has 29 heavy (non-hydrogen) atoms. The molecule has 1 amide bonds. The Morgan fingerprint density at radius 2 is 2.00 bits per heavy atom. The van der Waals surface area contributed by atoms with E-state index in [1.54, 1.807) is 19.1 Å². The molecule has 1 aliphatic rings. The summed E-state index contributed by atoms with van der Waals surface area (Å²) in [6.07, 6.45) is -0.959. The molecule has 0 saturated heterocycles. The maximum atomic E-state index is 12.4. The minimum absolute atomic E-state index is 0.0204. The number of ketones is 1. The average Bonchev–Trinajstić information content (AvgIpc) is 3.51. The van der Waals surface area contributed by atoms with E-state index in [1.165, 1.54) is 18.3 Å². The zero-order valence-electron chi connectivity index (χ0n) is 15.8. The number of Topliss-reactive ketones (excluding diaryl/α,β-unsaturated/α-hetero) is 1. The predicted molar refractivity (Wildman–Crippen MR) is 97.4 cm³/mol. The molecule has 0 atom stereocenters. The zero-order chi connectivity index (χ0) is 21.0. The predicted octanol–water partition coefficient (Wildman–Crippen LogP) is 3.18. The second kappa shape index (κ2) is 8.59. The van der Waals surface area contributed by atoms with Gasteiger partial charge in [0.15, 0.2) is 6.61 Å². The number of aromatic nitrogens is 2. The molecule has 1 saturated carbocycles. The molecule has 9 heteroatoms. The molecule has 2 aromatic heterocycles. The summed E-state index contributed by atoms with van der Waals surface area (Å²) in [5, 5.41) is 2.68. The molecule has 1 fully saturated rings. The molecule has 6 nitrogen and oxygen atoms in total. The molecule has 2 heterocycles. The van der Waals surface area contributed by atoms with E-state index in [0.29, 0.717) is 22.5 Å². The highest BCUT2D eigenvalue weighted by Gasteiger charge is 2.30. The lowest BCUT2D eigenvalue weighted by molar-refractivity contribution is -0.154. The van der Waals surface area contributed by atoms with Crippen molar-refractivity contribution < 1.29 is 27.5 Å². The molecule has 3 rings (SSSR count). The second-order valence-electron chi connectivity index (χ2n) is 6.95. The van der Waals surface area contributed by atoms with E-state index < -0.39 is 18.7 Å². The lowest BCUT2D eigenvalue weighted by Gasteiger charge is -2.12. The highest BCUT2D eigenvalue weighted by Crippen LogP contribution is 2.30. The summed E-state index contributed by atoms with van der Waals surface area (Å²) in [4.78, 5) is 32.5. The number of carbonyl (C=O) groups is 2. The molecule has 0 bridgehead atoms. The first kappa shape index (κ1) is 20.8. The van der Waals surface area contributed by atoms with Crippen LogP contribution in [-0.2, 0) is 17.8 Å². The van der Waals surface area contributed by atoms with Crippen LogP contribution in [0.15, 0.2) is 30.5 Å². The van der Waals surface area contributed by atoms with E-state index >= 15 is 0 Å². The van der Waals surface area contributed by atoms with Crippen LogP contribution in [0.5, 0.6) is 5.88 Å². The first-order valence-electron chi connectivity index (χ1n) is 9.13. The second-order valence-corrected chi connectivity index (χ2v) is 6.95. The minimum atomic E-state index is -4.46. The molecule has 1 aliphatic carbocycles. The Labute approximate surface area is 165 Å². The van der Waals surface area contributed by atoms with Crippen LogP contribution >= 0.6 is 0 Å². The van der Waals surface area contributed by atoms with Crippen molar-refractivity contribution in [2.75, 3.05) is 6.61 Å². The van der Waals surface area contributed by atoms with Crippen molar-refractivity contribution in [1.82, 2.24) is 15.3 Å². The summed E-state index contributed by atoms with van der Waals surface area (Å²) in [6.45, 7) is 0.316. The van der Waals surface area contributed by atoms with E-state index in [4.69, 9.17) is 0 Å². The van der Waals surface area contributed by atoms with Gasteiger partial charge < -0.3 is 10.1 Å². The number of halogens is 3. The zero-order valence-corrected chi connectivity index (χ0v) is 15.8. The van der Waals surface area contributed by atoms with Gasteiger partial charge in [-0.1, -0.05) is 6.07 Å². The van der Waals surface area contributed by atoms with Crippen LogP contribution in [0.25, 0.3) is 0 Å². The van der Waals surface area contributed by atoms with Crippen molar-refractivity contribution in [2.45, 2.75) is 38.9 Å². The van der Waals surface area contributed by atoms with Gasteiger partial charge in [-0.25, -0.2) is 4.98 Å². The van der Waals surface area contributed by atoms with Gasteiger partial charge in [-0.2, -0.15) is 13.2 Å². The fourth-order valence-corrected chi connectivity index (χ4v) is 2.68. The molecule has 2 aromatic rings. The molecular weight excluding hydrogens is 387 g/mol. The standard InChI is InChI=1S/C20H20F3N3O3/c1-12-2-5-18(29-11-20(21,22)23)26-16(12)10-25-19(28)14-6-7-24-15(8-14)9-17(27)13-3-4-13/h2,5-8,13H,3-4,9-11H2,1H3,(H,25,28). The first-order valence-corrected chi connectivity index (χ1v) is 9.13. The Morgan fingerprint density at radius 1 is 1.24 bits per heavy atom. The Morgan fingerprint density at radius 3 is 2.69 bits per heavy atom. The van der Waals surface area contributed by atoms with Crippen LogP contribution in [0, 0.1) is 12.8 Å². The number of nitrogens with one attached hydrogen (secondary N) is 1. The Kier molecular flexibility index (Phi) is 6.14. The van der Waals surface area contributed by atoms with E-state index in [1.807, 2.05) is 0 Å². The SMILES string of the molecule is Cc1ccc(OCC(F)(F)F)nc1CNC(=O)c1ccnc(CC(=O)C2CC2)c1. The van der Waals surface area contributed by atoms with Gasteiger partial charge in [0.25, 0.3) is 5.91 Å². The first-order chi connectivity index (χ1) is 13.7. The van der Waals surface area contributed by atoms with Crippen molar-refractivity contribution in [3.63, 3.8) is 0 Å². The Balaban J connectivity index is 1.60. The van der Waals surface area contributed by atoms with Crippen LogP contribution in [0.4, 0.5) is 13.2 Å². The highest BCUT2D eigenvalue weighted by molar-refractivity contribution is 5.94. The summed E-state index contributed by atoms with van der Waals surface area (Å²) in [7, 11) is 0. The Bertz CT molecular complexity index is 911. The quantitative estimate of drug-likeness (QED) is 0.727. The summed E-state index contributed by atoms with van der Waals surface area (Å²) in [6, 6.07) is 6.02. The van der Waals surface area contributed by atoms with Gasteiger partial charge >= 0.3 is 6.18 Å². The van der Waals surface area contributed by atoms with Crippen molar-refractivity contribution in [3.8, 4) is 5.88 Å². The molecule has 1 N–H and O–H groups in total. The summed E-state index contributed by atoms with van der Waals surface area (Å²) in [5.74, 6) is -0.307. The number of pyridine rings is 2. The van der Waals surface area contributed by atoms with Gasteiger partial charge in [0.1, 0.15) is 5.78 Å². The normalized spacial score (nSPS) is 13.8. The number of alkyl halides is 3. The molecule has 154 valence electrons. The van der Waals surface area contributed by atoms with Crippen LogP contribution in [0.1, 0.15) is 40.2 Å². The van der Waals surface area contributed by atoms with Crippen LogP contribution in [-0.4, -0.2) is 34.4 Å². The number of hydrogen-bond acceptors (Lipinski definition) is 5. The van der Waals surface area contributed by atoms with Crippen molar-refractivity contribution >= 4 is 11.7 Å². The molecule has 0 unspecified atom stereocenters. The number of aryl methyl sites for hydroxylation is 1. The average molecular weight is 407 g/mol. The smallest absolute Gasteiger partial charge is 0.422 e. The van der Waals surface area contributed by atoms with Gasteiger partial charge in [-0.3, -0.25) is 14.6 Å². The summed E-state index contributed by atoms with van der Waals surface area (Å²) < 4.78 is 41.5. The third kappa shape index (κ3) is 6.27. The molecule has 0 aliphatic heterocycles. The number of nitrogens with zero attached hydrogens (tertiary/aromatic N) is 2. The van der Waals surface area contributed by atoms with E-state index in [0.717, 1.165) is 12.8 Å². The monoisotopic (exact) mass is 407 g/mol. The van der Waals surface area contributed by atoms with Gasteiger partial charge in [0.05, 0.1) is 12.2 Å². The third-order valence-corrected chi connectivity index (χ3v) is 4.44. The van der Waals surface area contributed by atoms with Crippen molar-refractivity contribution in [1.29, 1.82) is 0 Å². The lowest BCUT2D eigenvalue weighted by atomic mass is 10.1. The fourth-order valence-electron chi connectivity index (χ4n) is 2.68. The topological polar surface area (TPSA) is 81.2 Å². The van der Waals surface area contributed by atoms with Crippen molar-refractivity contribution in [2.24, 2.45) is 5.92 Å². The van der Waals surface area contributed by atoms with Crippen molar-refractivity contribution in [3.05, 3.63) is 53.0 Å². The molecule has 0 radical (unpaired) electrons. The largest absolute Gasteiger partial charge is 0.468 e. The lowest BCUT2D eigenvalue weighted by Crippen LogP contribution is -2.24. The van der Waals surface area contributed by atoms with Gasteiger partial charge in [-0.05, 0) is 37.5 Å². The summed E-state index contributed by atoms with van der Waals surface area (Å²) in [5.41, 5.74) is 1.98. The summed E-state index contributed by atoms with van der Waals surface area (Å²) >= 11 is 0. The van der Waals surface area contributed by atoms with E-state index in [-0.39, 0.29) is 30.5 Å². The van der Waals surface area contributed by atoms with Crippen LogP contribution < -0.4 is 10.1 Å². The van der Waals surface area contributed by atoms with Crippen LogP contribution in [0.3, 0.4) is 0 Å². The highest BCUT2D eigenvalue weighted by atomic mass is 19.4. The third-order valence-electron chi connectivity index (χ3n) is 4.44. The number of amides is 1. The molecule has 0 spiro atoms. The maximum Gasteiger partial charge on any atom is 0.422 e. The van der Waals surface area contributed by atoms with E-state index in [9.17, 15) is 22.8 Å². The number of rotatable bonds is 8. The minimum Gasteiger partial charge on any atom is -0.468 e. The number of hydrogen-bond donors (Lipinski definition) is 1. The maximum absolute atomic E-state index is 12.4. The molecule has 0 aromatic carbocycles. The van der Waals surface area contributed by atoms with Crippen LogP contribution in [0.2, 0.25) is 0 Å². The van der Waals surface area contributed by atoms with Gasteiger partial charge in [0.2, 0.25) is 5.88 Å². The number of carbonyl (C=O) groups excluding carboxylic acids is 2. The fraction of sp³-hybridized carbons (Fsp3) is 0.400.